The molecular weight excluding hydrogens is 346 g/mol. The minimum absolute atomic E-state index is 0.107. The van der Waals surface area contributed by atoms with Crippen LogP contribution in [-0.2, 0) is 6.42 Å². The quantitative estimate of drug-likeness (QED) is 0.703. The van der Waals surface area contributed by atoms with Gasteiger partial charge in [0.2, 0.25) is 0 Å². The van der Waals surface area contributed by atoms with E-state index in [1.165, 1.54) is 11.3 Å². The molecule has 0 radical (unpaired) electrons. The average molecular weight is 356 g/mol. The van der Waals surface area contributed by atoms with E-state index in [9.17, 15) is 9.59 Å². The zero-order valence-corrected chi connectivity index (χ0v) is 13.7. The molecular formula is C13H10ClN3O3S2. The van der Waals surface area contributed by atoms with E-state index in [-0.39, 0.29) is 10.3 Å². The SMILES string of the molecule is Cc1c(C(=O)O)sc2nc(Cc3ccc(Cl)s3)n(N)c(=O)c12. The first-order chi connectivity index (χ1) is 10.4. The summed E-state index contributed by atoms with van der Waals surface area (Å²) in [4.78, 5) is 29.4. The average Bonchev–Trinajstić information content (AvgIpc) is 3.00. The number of carbonyl (C=O) groups is 1. The van der Waals surface area contributed by atoms with E-state index in [2.05, 4.69) is 4.98 Å². The number of aromatic nitrogens is 2. The number of nitrogens with two attached hydrogens (primary N) is 1. The molecule has 3 heterocycles. The molecule has 0 saturated carbocycles. The Hall–Kier alpha value is -1.90. The molecule has 0 atom stereocenters. The number of aromatic carboxylic acids is 1. The molecule has 0 unspecified atom stereocenters. The Morgan fingerprint density at radius 2 is 2.18 bits per heavy atom. The maximum atomic E-state index is 12.4. The van der Waals surface area contributed by atoms with Crippen molar-refractivity contribution in [2.75, 3.05) is 5.84 Å². The molecule has 0 aliphatic heterocycles. The van der Waals surface area contributed by atoms with Crippen LogP contribution in [0.2, 0.25) is 4.34 Å². The van der Waals surface area contributed by atoms with Gasteiger partial charge in [0, 0.05) is 11.3 Å². The predicted molar refractivity (Wildman–Crippen MR) is 87.9 cm³/mol. The lowest BCUT2D eigenvalue weighted by Gasteiger charge is -2.06. The first kappa shape index (κ1) is 15.0. The van der Waals surface area contributed by atoms with Crippen molar-refractivity contribution in [2.45, 2.75) is 13.3 Å². The van der Waals surface area contributed by atoms with E-state index in [1.54, 1.807) is 13.0 Å². The summed E-state index contributed by atoms with van der Waals surface area (Å²) in [5.74, 6) is 5.12. The van der Waals surface area contributed by atoms with Crippen molar-refractivity contribution in [3.8, 4) is 0 Å². The zero-order valence-electron chi connectivity index (χ0n) is 11.3. The second kappa shape index (κ2) is 5.38. The molecule has 0 aliphatic rings. The van der Waals surface area contributed by atoms with Crippen LogP contribution < -0.4 is 11.4 Å². The fourth-order valence-electron chi connectivity index (χ4n) is 2.17. The highest BCUT2D eigenvalue weighted by atomic mass is 35.5. The van der Waals surface area contributed by atoms with E-state index in [1.807, 2.05) is 6.07 Å². The molecule has 3 N–H and O–H groups in total. The van der Waals surface area contributed by atoms with Gasteiger partial charge in [0.15, 0.2) is 0 Å². The third kappa shape index (κ3) is 2.39. The van der Waals surface area contributed by atoms with Gasteiger partial charge in [0.25, 0.3) is 5.56 Å². The highest BCUT2D eigenvalue weighted by Gasteiger charge is 2.20. The number of nitrogen functional groups attached to an aromatic ring is 1. The number of carboxylic acids is 1. The van der Waals surface area contributed by atoms with E-state index < -0.39 is 11.5 Å². The van der Waals surface area contributed by atoms with Gasteiger partial charge in [-0.1, -0.05) is 11.6 Å². The monoisotopic (exact) mass is 355 g/mol. The smallest absolute Gasteiger partial charge is 0.346 e. The summed E-state index contributed by atoms with van der Waals surface area (Å²) in [5, 5.41) is 9.43. The Morgan fingerprint density at radius 3 is 2.77 bits per heavy atom. The number of aryl methyl sites for hydroxylation is 1. The Kier molecular flexibility index (Phi) is 3.67. The maximum Gasteiger partial charge on any atom is 0.346 e. The molecule has 0 bridgehead atoms. The third-order valence-corrected chi connectivity index (χ3v) is 5.63. The summed E-state index contributed by atoms with van der Waals surface area (Å²) in [5.41, 5.74) is -0.0428. The van der Waals surface area contributed by atoms with Crippen LogP contribution >= 0.6 is 34.3 Å². The minimum Gasteiger partial charge on any atom is -0.477 e. The molecule has 22 heavy (non-hydrogen) atoms. The summed E-state index contributed by atoms with van der Waals surface area (Å²) >= 11 is 8.25. The molecule has 6 nitrogen and oxygen atoms in total. The van der Waals surface area contributed by atoms with Crippen LogP contribution in [0, 0.1) is 6.92 Å². The van der Waals surface area contributed by atoms with Gasteiger partial charge in [-0.2, -0.15) is 0 Å². The Labute approximate surface area is 137 Å². The molecule has 0 aliphatic carbocycles. The number of fused-ring (bicyclic) bond motifs is 1. The van der Waals surface area contributed by atoms with Gasteiger partial charge in [-0.05, 0) is 24.6 Å². The number of rotatable bonds is 3. The van der Waals surface area contributed by atoms with Crippen LogP contribution in [0.25, 0.3) is 10.2 Å². The highest BCUT2D eigenvalue weighted by Crippen LogP contribution is 2.28. The van der Waals surface area contributed by atoms with Gasteiger partial charge in [0.05, 0.1) is 9.72 Å². The second-order valence-corrected chi connectivity index (χ2v) is 7.43. The Bertz CT molecular complexity index is 957. The van der Waals surface area contributed by atoms with Crippen molar-refractivity contribution in [1.82, 2.24) is 9.66 Å². The van der Waals surface area contributed by atoms with Gasteiger partial charge >= 0.3 is 5.97 Å². The van der Waals surface area contributed by atoms with Crippen molar-refractivity contribution < 1.29 is 9.90 Å². The highest BCUT2D eigenvalue weighted by molar-refractivity contribution is 7.20. The van der Waals surface area contributed by atoms with E-state index in [4.69, 9.17) is 22.6 Å². The lowest BCUT2D eigenvalue weighted by Crippen LogP contribution is -2.31. The van der Waals surface area contributed by atoms with Crippen molar-refractivity contribution in [2.24, 2.45) is 0 Å². The number of hydrogen-bond donors (Lipinski definition) is 2. The van der Waals surface area contributed by atoms with Gasteiger partial charge < -0.3 is 10.9 Å². The Morgan fingerprint density at radius 1 is 1.45 bits per heavy atom. The van der Waals surface area contributed by atoms with E-state index >= 15 is 0 Å². The molecule has 9 heteroatoms. The molecule has 0 saturated heterocycles. The summed E-state index contributed by atoms with van der Waals surface area (Å²) < 4.78 is 1.61. The number of thiophene rings is 2. The van der Waals surface area contributed by atoms with Crippen LogP contribution in [0.5, 0.6) is 0 Å². The molecule has 0 amide bonds. The van der Waals surface area contributed by atoms with Gasteiger partial charge in [-0.25, -0.2) is 14.5 Å². The number of halogens is 1. The summed E-state index contributed by atoms with van der Waals surface area (Å²) in [6.07, 6.45) is 0.360. The van der Waals surface area contributed by atoms with E-state index in [0.29, 0.717) is 27.0 Å². The van der Waals surface area contributed by atoms with Crippen molar-refractivity contribution >= 4 is 50.5 Å². The Balaban J connectivity index is 2.19. The lowest BCUT2D eigenvalue weighted by molar-refractivity contribution is 0.0701. The largest absolute Gasteiger partial charge is 0.477 e. The van der Waals surface area contributed by atoms with Gasteiger partial charge in [0.1, 0.15) is 15.5 Å². The van der Waals surface area contributed by atoms with Crippen molar-refractivity contribution in [3.63, 3.8) is 0 Å². The fourth-order valence-corrected chi connectivity index (χ4v) is 4.28. The van der Waals surface area contributed by atoms with Crippen LogP contribution in [0.15, 0.2) is 16.9 Å². The molecule has 3 aromatic rings. The molecule has 0 spiro atoms. The molecule has 0 aromatic carbocycles. The van der Waals surface area contributed by atoms with Gasteiger partial charge in [-0.3, -0.25) is 4.79 Å². The number of carboxylic acid groups (broad SMARTS) is 1. The maximum absolute atomic E-state index is 12.4. The lowest BCUT2D eigenvalue weighted by atomic mass is 10.2. The topological polar surface area (TPSA) is 98.2 Å². The standard InChI is InChI=1S/C13H10ClN3O3S2/c1-5-9-11(22-10(5)13(19)20)16-8(17(15)12(9)18)4-6-2-3-7(14)21-6/h2-3H,4,15H2,1H3,(H,19,20). The number of nitrogens with zero attached hydrogens (tertiary/aromatic N) is 2. The molecule has 3 rings (SSSR count). The summed E-state index contributed by atoms with van der Waals surface area (Å²) in [6.45, 7) is 1.59. The minimum atomic E-state index is -1.07. The fraction of sp³-hybridized carbons (Fsp3) is 0.154. The van der Waals surface area contributed by atoms with Gasteiger partial charge in [-0.15, -0.1) is 22.7 Å². The van der Waals surface area contributed by atoms with E-state index in [0.717, 1.165) is 20.9 Å². The third-order valence-electron chi connectivity index (χ3n) is 3.22. The number of hydrogen-bond acceptors (Lipinski definition) is 6. The van der Waals surface area contributed by atoms with Crippen LogP contribution in [0.3, 0.4) is 0 Å². The van der Waals surface area contributed by atoms with Crippen molar-refractivity contribution in [1.29, 1.82) is 0 Å². The first-order valence-corrected chi connectivity index (χ1v) is 8.17. The second-order valence-electron chi connectivity index (χ2n) is 4.63. The van der Waals surface area contributed by atoms with Crippen molar-refractivity contribution in [3.05, 3.63) is 48.0 Å². The first-order valence-electron chi connectivity index (χ1n) is 6.16. The van der Waals surface area contributed by atoms with Crippen LogP contribution in [-0.4, -0.2) is 20.7 Å². The summed E-state index contributed by atoms with van der Waals surface area (Å²) in [7, 11) is 0. The molecule has 3 aromatic heterocycles. The zero-order chi connectivity index (χ0) is 16.0. The van der Waals surface area contributed by atoms with Crippen LogP contribution in [0.4, 0.5) is 0 Å². The van der Waals surface area contributed by atoms with Crippen LogP contribution in [0.1, 0.15) is 25.9 Å². The molecule has 0 fully saturated rings. The molecule has 114 valence electrons. The summed E-state index contributed by atoms with van der Waals surface area (Å²) in [6, 6.07) is 3.60. The normalized spacial score (nSPS) is 11.2. The predicted octanol–water partition coefficient (Wildman–Crippen LogP) is 2.48.